The number of aromatic nitrogens is 1. The minimum atomic E-state index is 0.317. The maximum Gasteiger partial charge on any atom is 0.222 e. The number of aromatic amines is 1. The fourth-order valence-corrected chi connectivity index (χ4v) is 4.35. The van der Waals surface area contributed by atoms with Gasteiger partial charge in [0, 0.05) is 36.6 Å². The molecule has 2 aromatic carbocycles. The molecule has 1 saturated heterocycles. The van der Waals surface area contributed by atoms with Gasteiger partial charge in [0.05, 0.1) is 0 Å². The third-order valence-electron chi connectivity index (χ3n) is 5.96. The van der Waals surface area contributed by atoms with Crippen molar-refractivity contribution in [1.82, 2.24) is 9.88 Å². The number of hydrogen-bond donors (Lipinski definition) is 1. The molecule has 3 heteroatoms. The van der Waals surface area contributed by atoms with E-state index in [1.807, 2.05) is 0 Å². The zero-order valence-electron chi connectivity index (χ0n) is 16.1. The predicted molar refractivity (Wildman–Crippen MR) is 111 cm³/mol. The van der Waals surface area contributed by atoms with Crippen molar-refractivity contribution >= 4 is 16.8 Å². The molecule has 1 aromatic heterocycles. The Morgan fingerprint density at radius 2 is 1.85 bits per heavy atom. The van der Waals surface area contributed by atoms with E-state index in [9.17, 15) is 4.79 Å². The summed E-state index contributed by atoms with van der Waals surface area (Å²) < 4.78 is 0. The number of hydrogen-bond acceptors (Lipinski definition) is 1. The number of benzene rings is 2. The van der Waals surface area contributed by atoms with Crippen LogP contribution < -0.4 is 0 Å². The smallest absolute Gasteiger partial charge is 0.222 e. The average molecular weight is 361 g/mol. The Labute approximate surface area is 161 Å². The molecule has 4 rings (SSSR count). The lowest BCUT2D eigenvalue weighted by Crippen LogP contribution is -2.37. The Morgan fingerprint density at radius 1 is 1.07 bits per heavy atom. The number of amides is 1. The Morgan fingerprint density at radius 3 is 2.63 bits per heavy atom. The van der Waals surface area contributed by atoms with Crippen LogP contribution in [0.4, 0.5) is 0 Å². The second-order valence-corrected chi connectivity index (χ2v) is 7.73. The van der Waals surface area contributed by atoms with Crippen molar-refractivity contribution < 1.29 is 4.79 Å². The molecule has 0 spiro atoms. The summed E-state index contributed by atoms with van der Waals surface area (Å²) in [5.74, 6) is 0.919. The molecule has 0 unspecified atom stereocenters. The van der Waals surface area contributed by atoms with Crippen molar-refractivity contribution in [3.8, 4) is 0 Å². The molecule has 0 aliphatic carbocycles. The largest absolute Gasteiger partial charge is 0.361 e. The molecule has 3 aromatic rings. The van der Waals surface area contributed by atoms with Crippen molar-refractivity contribution in [3.05, 3.63) is 71.4 Å². The lowest BCUT2D eigenvalue weighted by molar-refractivity contribution is -0.132. The van der Waals surface area contributed by atoms with Crippen LogP contribution >= 0.6 is 0 Å². The number of carbonyl (C=O) groups is 1. The summed E-state index contributed by atoms with van der Waals surface area (Å²) >= 11 is 0. The maximum atomic E-state index is 12.6. The van der Waals surface area contributed by atoms with E-state index in [4.69, 9.17) is 0 Å². The van der Waals surface area contributed by atoms with Gasteiger partial charge in [-0.15, -0.1) is 0 Å². The highest BCUT2D eigenvalue weighted by atomic mass is 16.2. The first kappa shape index (κ1) is 17.8. The molecule has 1 amide bonds. The fourth-order valence-electron chi connectivity index (χ4n) is 4.35. The van der Waals surface area contributed by atoms with Crippen LogP contribution in [0.5, 0.6) is 0 Å². The normalized spacial score (nSPS) is 15.4. The quantitative estimate of drug-likeness (QED) is 0.666. The zero-order valence-corrected chi connectivity index (χ0v) is 16.1. The number of aryl methyl sites for hydroxylation is 2. The zero-order chi connectivity index (χ0) is 18.6. The number of fused-ring (bicyclic) bond motifs is 1. The number of nitrogens with zero attached hydrogens (tertiary/aromatic N) is 1. The Hall–Kier alpha value is -2.55. The number of likely N-dealkylation sites (tertiary alicyclic amines) is 1. The van der Waals surface area contributed by atoms with Crippen molar-refractivity contribution in [3.63, 3.8) is 0 Å². The molecule has 1 aliphatic heterocycles. The van der Waals surface area contributed by atoms with Gasteiger partial charge in [-0.25, -0.2) is 0 Å². The Kier molecular flexibility index (Phi) is 5.28. The summed E-state index contributed by atoms with van der Waals surface area (Å²) in [4.78, 5) is 18.1. The van der Waals surface area contributed by atoms with Crippen molar-refractivity contribution in [2.24, 2.45) is 0 Å². The third-order valence-corrected chi connectivity index (χ3v) is 5.96. The third kappa shape index (κ3) is 3.92. The maximum absolute atomic E-state index is 12.6. The molecule has 3 nitrogen and oxygen atoms in total. The molecule has 0 radical (unpaired) electrons. The molecule has 1 aliphatic rings. The summed E-state index contributed by atoms with van der Waals surface area (Å²) in [6, 6.07) is 17.1. The van der Waals surface area contributed by atoms with Gasteiger partial charge in [-0.2, -0.15) is 0 Å². The average Bonchev–Trinajstić information content (AvgIpc) is 3.13. The lowest BCUT2D eigenvalue weighted by Gasteiger charge is -2.32. The second-order valence-electron chi connectivity index (χ2n) is 7.73. The van der Waals surface area contributed by atoms with E-state index in [0.717, 1.165) is 38.8 Å². The van der Waals surface area contributed by atoms with Gasteiger partial charge >= 0.3 is 0 Å². The fraction of sp³-hybridized carbons (Fsp3) is 0.375. The van der Waals surface area contributed by atoms with Crippen molar-refractivity contribution in [2.45, 2.75) is 44.9 Å². The van der Waals surface area contributed by atoms with Crippen LogP contribution in [-0.2, 0) is 11.2 Å². The van der Waals surface area contributed by atoms with Gasteiger partial charge in [0.25, 0.3) is 0 Å². The summed E-state index contributed by atoms with van der Waals surface area (Å²) in [6.45, 7) is 3.92. The number of nitrogens with one attached hydrogen (secondary N) is 1. The highest BCUT2D eigenvalue weighted by Crippen LogP contribution is 2.28. The number of para-hydroxylation sites is 1. The Bertz CT molecular complexity index is 905. The molecule has 27 heavy (non-hydrogen) atoms. The minimum Gasteiger partial charge on any atom is -0.361 e. The molecular weight excluding hydrogens is 332 g/mol. The van der Waals surface area contributed by atoms with Crippen molar-refractivity contribution in [2.75, 3.05) is 13.1 Å². The van der Waals surface area contributed by atoms with Crippen LogP contribution in [0, 0.1) is 6.92 Å². The monoisotopic (exact) mass is 360 g/mol. The minimum absolute atomic E-state index is 0.317. The molecule has 0 bridgehead atoms. The number of piperidine rings is 1. The van der Waals surface area contributed by atoms with Crippen LogP contribution in [-0.4, -0.2) is 28.9 Å². The van der Waals surface area contributed by atoms with Gasteiger partial charge in [-0.3, -0.25) is 4.79 Å². The SMILES string of the molecule is Cc1cccc2c(CCCC(=O)N3CCC(c4ccccc4)CC3)c[nH]c12. The topological polar surface area (TPSA) is 36.1 Å². The highest BCUT2D eigenvalue weighted by molar-refractivity contribution is 5.86. The standard InChI is InChI=1S/C24H28N2O/c1-18-7-5-11-22-21(17-25-24(18)22)10-6-12-23(27)26-15-13-20(14-16-26)19-8-3-2-4-9-19/h2-5,7-9,11,17,20,25H,6,10,12-16H2,1H3. The first-order valence-electron chi connectivity index (χ1n) is 10.1. The number of rotatable bonds is 5. The molecule has 140 valence electrons. The number of H-pyrrole nitrogens is 1. The predicted octanol–water partition coefficient (Wildman–Crippen LogP) is 5.21. The molecule has 0 atom stereocenters. The van der Waals surface area contributed by atoms with E-state index >= 15 is 0 Å². The summed E-state index contributed by atoms with van der Waals surface area (Å²) in [5.41, 5.74) is 5.24. The van der Waals surface area contributed by atoms with Gasteiger partial charge in [0.15, 0.2) is 0 Å². The van der Waals surface area contributed by atoms with E-state index in [2.05, 4.69) is 71.5 Å². The Balaban J connectivity index is 1.27. The summed E-state index contributed by atoms with van der Waals surface area (Å²) in [7, 11) is 0. The van der Waals surface area contributed by atoms with Gasteiger partial charge in [0.2, 0.25) is 5.91 Å². The first-order chi connectivity index (χ1) is 13.2. The summed E-state index contributed by atoms with van der Waals surface area (Å²) in [5, 5.41) is 1.30. The van der Waals surface area contributed by atoms with Crippen LogP contribution in [0.3, 0.4) is 0 Å². The van der Waals surface area contributed by atoms with Crippen LogP contribution in [0.15, 0.2) is 54.7 Å². The van der Waals surface area contributed by atoms with E-state index in [1.165, 1.54) is 27.6 Å². The van der Waals surface area contributed by atoms with Gasteiger partial charge in [-0.05, 0) is 55.2 Å². The van der Waals surface area contributed by atoms with E-state index in [0.29, 0.717) is 18.2 Å². The van der Waals surface area contributed by atoms with Gasteiger partial charge < -0.3 is 9.88 Å². The highest BCUT2D eigenvalue weighted by Gasteiger charge is 2.23. The molecule has 0 saturated carbocycles. The van der Waals surface area contributed by atoms with Crippen molar-refractivity contribution in [1.29, 1.82) is 0 Å². The first-order valence-corrected chi connectivity index (χ1v) is 10.1. The lowest BCUT2D eigenvalue weighted by atomic mass is 9.89. The van der Waals surface area contributed by atoms with Gasteiger partial charge in [-0.1, -0.05) is 48.5 Å². The number of carbonyl (C=O) groups excluding carboxylic acids is 1. The van der Waals surface area contributed by atoms with E-state index in [1.54, 1.807) is 0 Å². The molecule has 1 fully saturated rings. The van der Waals surface area contributed by atoms with Crippen LogP contribution in [0.25, 0.3) is 10.9 Å². The second kappa shape index (κ2) is 7.99. The van der Waals surface area contributed by atoms with E-state index in [-0.39, 0.29) is 0 Å². The van der Waals surface area contributed by atoms with Gasteiger partial charge in [0.1, 0.15) is 0 Å². The van der Waals surface area contributed by atoms with E-state index < -0.39 is 0 Å². The molecule has 2 heterocycles. The summed E-state index contributed by atoms with van der Waals surface area (Å²) in [6.07, 6.45) is 6.78. The molecular formula is C24H28N2O. The van der Waals surface area contributed by atoms with Crippen LogP contribution in [0.2, 0.25) is 0 Å². The molecule has 1 N–H and O–H groups in total. The van der Waals surface area contributed by atoms with Crippen LogP contribution in [0.1, 0.15) is 48.3 Å².